The Morgan fingerprint density at radius 1 is 1.04 bits per heavy atom. The van der Waals surface area contributed by atoms with Crippen LogP contribution in [0.4, 0.5) is 0 Å². The van der Waals surface area contributed by atoms with Gasteiger partial charge in [-0.1, -0.05) is 6.92 Å². The molecule has 1 rings (SSSR count). The van der Waals surface area contributed by atoms with Gasteiger partial charge in [-0.05, 0) is 31.5 Å². The molecule has 0 fully saturated rings. The quantitative estimate of drug-likeness (QED) is 0.766. The number of benzene rings is 1. The molecule has 0 unspecified atom stereocenters. The minimum atomic E-state index is -0.778. The lowest BCUT2D eigenvalue weighted by molar-refractivity contribution is -0.127. The van der Waals surface area contributed by atoms with E-state index < -0.39 is 18.0 Å². The van der Waals surface area contributed by atoms with Crippen molar-refractivity contribution in [3.8, 4) is 5.75 Å². The Hall–Kier alpha value is -2.57. The highest BCUT2D eigenvalue weighted by Crippen LogP contribution is 2.20. The highest BCUT2D eigenvalue weighted by molar-refractivity contribution is 5.96. The maximum atomic E-state index is 11.8. The third-order valence-corrected chi connectivity index (χ3v) is 2.98. The molecule has 0 heterocycles. The SMILES string of the molecule is CCCNC(=O)[C@H](C)Oc1cc(C(=O)OC)cc(C(=O)OC)c1. The van der Waals surface area contributed by atoms with E-state index in [0.717, 1.165) is 6.42 Å². The van der Waals surface area contributed by atoms with E-state index in [0.29, 0.717) is 6.54 Å². The fourth-order valence-corrected chi connectivity index (χ4v) is 1.79. The topological polar surface area (TPSA) is 90.9 Å². The van der Waals surface area contributed by atoms with Crippen LogP contribution in [0, 0.1) is 0 Å². The summed E-state index contributed by atoms with van der Waals surface area (Å²) in [5, 5.41) is 2.70. The molecule has 7 heteroatoms. The van der Waals surface area contributed by atoms with Gasteiger partial charge in [0.15, 0.2) is 6.10 Å². The largest absolute Gasteiger partial charge is 0.481 e. The van der Waals surface area contributed by atoms with Gasteiger partial charge in [-0.25, -0.2) is 9.59 Å². The maximum Gasteiger partial charge on any atom is 0.338 e. The van der Waals surface area contributed by atoms with E-state index in [2.05, 4.69) is 14.8 Å². The van der Waals surface area contributed by atoms with Crippen molar-refractivity contribution in [3.05, 3.63) is 29.3 Å². The van der Waals surface area contributed by atoms with E-state index >= 15 is 0 Å². The first kappa shape index (κ1) is 18.5. The lowest BCUT2D eigenvalue weighted by Crippen LogP contribution is -2.36. The predicted octanol–water partition coefficient (Wildman–Crippen LogP) is 1.55. The molecule has 1 amide bonds. The summed E-state index contributed by atoms with van der Waals surface area (Å²) in [6.07, 6.45) is 0.0305. The first-order valence-electron chi connectivity index (χ1n) is 7.19. The molecule has 0 spiro atoms. The zero-order valence-electron chi connectivity index (χ0n) is 13.7. The highest BCUT2D eigenvalue weighted by Gasteiger charge is 2.18. The highest BCUT2D eigenvalue weighted by atomic mass is 16.5. The van der Waals surface area contributed by atoms with E-state index in [1.165, 1.54) is 32.4 Å². The molecule has 7 nitrogen and oxygen atoms in total. The van der Waals surface area contributed by atoms with E-state index in [4.69, 9.17) is 4.74 Å². The summed E-state index contributed by atoms with van der Waals surface area (Å²) in [5.41, 5.74) is 0.262. The van der Waals surface area contributed by atoms with Crippen LogP contribution >= 0.6 is 0 Å². The van der Waals surface area contributed by atoms with E-state index in [9.17, 15) is 14.4 Å². The summed E-state index contributed by atoms with van der Waals surface area (Å²) in [6, 6.07) is 4.15. The van der Waals surface area contributed by atoms with Crippen LogP contribution in [-0.2, 0) is 14.3 Å². The molecule has 1 aromatic carbocycles. The van der Waals surface area contributed by atoms with Crippen LogP contribution in [0.25, 0.3) is 0 Å². The summed E-state index contributed by atoms with van der Waals surface area (Å²) in [7, 11) is 2.46. The number of carbonyl (C=O) groups is 3. The van der Waals surface area contributed by atoms with Crippen LogP contribution in [0.3, 0.4) is 0 Å². The fraction of sp³-hybridized carbons (Fsp3) is 0.438. The van der Waals surface area contributed by atoms with Crippen molar-refractivity contribution in [1.82, 2.24) is 5.32 Å². The van der Waals surface area contributed by atoms with Crippen LogP contribution in [0.1, 0.15) is 41.0 Å². The van der Waals surface area contributed by atoms with Gasteiger partial charge >= 0.3 is 11.9 Å². The molecule has 0 radical (unpaired) electrons. The van der Waals surface area contributed by atoms with Gasteiger partial charge in [0.1, 0.15) is 5.75 Å². The lowest BCUT2D eigenvalue weighted by atomic mass is 10.1. The summed E-state index contributed by atoms with van der Waals surface area (Å²) in [5.74, 6) is -1.32. The molecule has 0 saturated heterocycles. The molecule has 0 aliphatic carbocycles. The second-order valence-corrected chi connectivity index (χ2v) is 4.78. The van der Waals surface area contributed by atoms with Crippen molar-refractivity contribution in [3.63, 3.8) is 0 Å². The van der Waals surface area contributed by atoms with Crippen LogP contribution in [-0.4, -0.2) is 44.7 Å². The van der Waals surface area contributed by atoms with Crippen molar-refractivity contribution >= 4 is 17.8 Å². The van der Waals surface area contributed by atoms with Gasteiger partial charge < -0.3 is 19.5 Å². The number of ether oxygens (including phenoxy) is 3. The maximum absolute atomic E-state index is 11.8. The number of esters is 2. The molecule has 1 N–H and O–H groups in total. The van der Waals surface area contributed by atoms with Crippen molar-refractivity contribution in [2.75, 3.05) is 20.8 Å². The number of rotatable bonds is 7. The van der Waals surface area contributed by atoms with Gasteiger partial charge in [0, 0.05) is 6.54 Å². The first-order valence-corrected chi connectivity index (χ1v) is 7.19. The van der Waals surface area contributed by atoms with Crippen LogP contribution in [0.15, 0.2) is 18.2 Å². The Morgan fingerprint density at radius 2 is 1.57 bits per heavy atom. The molecule has 0 aromatic heterocycles. The van der Waals surface area contributed by atoms with Crippen molar-refractivity contribution in [2.45, 2.75) is 26.4 Å². The number of amides is 1. The van der Waals surface area contributed by atoms with Crippen molar-refractivity contribution in [1.29, 1.82) is 0 Å². The zero-order valence-corrected chi connectivity index (χ0v) is 13.7. The molecular weight excluding hydrogens is 302 g/mol. The van der Waals surface area contributed by atoms with Gasteiger partial charge in [-0.15, -0.1) is 0 Å². The van der Waals surface area contributed by atoms with Gasteiger partial charge in [-0.3, -0.25) is 4.79 Å². The average Bonchev–Trinajstić information content (AvgIpc) is 2.57. The molecule has 126 valence electrons. The summed E-state index contributed by atoms with van der Waals surface area (Å²) in [4.78, 5) is 35.2. The number of nitrogens with one attached hydrogen (secondary N) is 1. The number of hydrogen-bond acceptors (Lipinski definition) is 6. The monoisotopic (exact) mass is 323 g/mol. The van der Waals surface area contributed by atoms with Crippen LogP contribution < -0.4 is 10.1 Å². The Bertz CT molecular complexity index is 550. The standard InChI is InChI=1S/C16H21NO6/c1-5-6-17-14(18)10(2)23-13-8-11(15(19)21-3)7-12(9-13)16(20)22-4/h7-10H,5-6H2,1-4H3,(H,17,18)/t10-/m0/s1. The minimum absolute atomic E-state index is 0.131. The average molecular weight is 323 g/mol. The normalized spacial score (nSPS) is 11.3. The second kappa shape index (κ2) is 8.77. The lowest BCUT2D eigenvalue weighted by Gasteiger charge is -2.15. The third-order valence-electron chi connectivity index (χ3n) is 2.98. The number of methoxy groups -OCH3 is 2. The molecular formula is C16H21NO6. The van der Waals surface area contributed by atoms with E-state index in [1.54, 1.807) is 6.92 Å². The Balaban J connectivity index is 3.02. The Morgan fingerprint density at radius 3 is 2.00 bits per heavy atom. The molecule has 0 saturated carbocycles. The fourth-order valence-electron chi connectivity index (χ4n) is 1.79. The van der Waals surface area contributed by atoms with Crippen molar-refractivity contribution in [2.24, 2.45) is 0 Å². The van der Waals surface area contributed by atoms with Gasteiger partial charge in [-0.2, -0.15) is 0 Å². The summed E-state index contributed by atoms with van der Waals surface area (Å²) in [6.45, 7) is 4.06. The molecule has 23 heavy (non-hydrogen) atoms. The van der Waals surface area contributed by atoms with Crippen LogP contribution in [0.2, 0.25) is 0 Å². The smallest absolute Gasteiger partial charge is 0.338 e. The Labute approximate surface area is 134 Å². The van der Waals surface area contributed by atoms with Gasteiger partial charge in [0.25, 0.3) is 5.91 Å². The van der Waals surface area contributed by atoms with Gasteiger partial charge in [0.05, 0.1) is 25.3 Å². The molecule has 1 atom stereocenters. The second-order valence-electron chi connectivity index (χ2n) is 4.78. The van der Waals surface area contributed by atoms with E-state index in [1.807, 2.05) is 6.92 Å². The van der Waals surface area contributed by atoms with Crippen molar-refractivity contribution < 1.29 is 28.6 Å². The minimum Gasteiger partial charge on any atom is -0.481 e. The van der Waals surface area contributed by atoms with E-state index in [-0.39, 0.29) is 22.8 Å². The molecule has 0 aliphatic rings. The number of hydrogen-bond donors (Lipinski definition) is 1. The molecule has 0 bridgehead atoms. The summed E-state index contributed by atoms with van der Waals surface area (Å²) < 4.78 is 14.8. The molecule has 0 aliphatic heterocycles. The zero-order chi connectivity index (χ0) is 17.4. The van der Waals surface area contributed by atoms with Gasteiger partial charge in [0.2, 0.25) is 0 Å². The summed E-state index contributed by atoms with van der Waals surface area (Å²) >= 11 is 0. The Kier molecular flexibility index (Phi) is 7.05. The molecule has 1 aromatic rings. The first-order chi connectivity index (χ1) is 10.9. The predicted molar refractivity (Wildman–Crippen MR) is 82.5 cm³/mol. The number of carbonyl (C=O) groups excluding carboxylic acids is 3. The van der Waals surface area contributed by atoms with Crippen LogP contribution in [0.5, 0.6) is 5.75 Å². The third kappa shape index (κ3) is 5.28.